The van der Waals surface area contributed by atoms with Crippen LogP contribution in [-0.2, 0) is 0 Å². The minimum atomic E-state index is -0.126. The maximum absolute atomic E-state index is 12.9. The van der Waals surface area contributed by atoms with Crippen molar-refractivity contribution in [3.63, 3.8) is 0 Å². The number of hydrogen-bond donors (Lipinski definition) is 1. The lowest BCUT2D eigenvalue weighted by Crippen LogP contribution is -2.11. The van der Waals surface area contributed by atoms with Gasteiger partial charge in [0.25, 0.3) is 5.91 Å². The summed E-state index contributed by atoms with van der Waals surface area (Å²) in [6, 6.07) is 7.76. The summed E-state index contributed by atoms with van der Waals surface area (Å²) in [5, 5.41) is 7.03. The molecule has 3 aromatic heterocycles. The van der Waals surface area contributed by atoms with E-state index in [0.29, 0.717) is 4.88 Å². The molecule has 0 radical (unpaired) electrons. The Bertz CT molecular complexity index is 1180. The monoisotopic (exact) mass is 394 g/mol. The molecule has 5 nitrogen and oxygen atoms in total. The summed E-state index contributed by atoms with van der Waals surface area (Å²) >= 11 is 3.02. The van der Waals surface area contributed by atoms with E-state index in [-0.39, 0.29) is 5.91 Å². The van der Waals surface area contributed by atoms with E-state index in [1.165, 1.54) is 11.3 Å². The average molecular weight is 395 g/mol. The molecule has 0 aliphatic carbocycles. The normalized spacial score (nSPS) is 11.1. The zero-order valence-electron chi connectivity index (χ0n) is 15.5. The van der Waals surface area contributed by atoms with Crippen molar-refractivity contribution in [2.45, 2.75) is 27.7 Å². The second-order valence-electron chi connectivity index (χ2n) is 6.38. The van der Waals surface area contributed by atoms with Crippen LogP contribution in [0.3, 0.4) is 0 Å². The molecule has 0 saturated carbocycles. The van der Waals surface area contributed by atoms with Crippen molar-refractivity contribution in [2.24, 2.45) is 0 Å². The highest BCUT2D eigenvalue weighted by molar-refractivity contribution is 7.20. The fourth-order valence-corrected chi connectivity index (χ4v) is 4.93. The topological polar surface area (TPSA) is 67.8 Å². The first-order valence-corrected chi connectivity index (χ1v) is 10.2. The molecule has 3 heterocycles. The van der Waals surface area contributed by atoms with Crippen LogP contribution in [-0.4, -0.2) is 20.9 Å². The van der Waals surface area contributed by atoms with Crippen molar-refractivity contribution in [1.29, 1.82) is 0 Å². The number of thiazole rings is 1. The Kier molecular flexibility index (Phi) is 4.49. The quantitative estimate of drug-likeness (QED) is 0.512. The first kappa shape index (κ1) is 17.8. The van der Waals surface area contributed by atoms with E-state index in [4.69, 9.17) is 0 Å². The number of amides is 1. The zero-order valence-corrected chi connectivity index (χ0v) is 17.1. The Morgan fingerprint density at radius 3 is 2.63 bits per heavy atom. The molecule has 0 aliphatic heterocycles. The standard InChI is InChI=1S/C20H18N4OS2/c1-10-17-11(2)21-12(3)22-20(17)27-18(10)19(25)24-15-7-5-6-14(8-15)16-9-26-13(4)23-16/h5-9H,1-4H3,(H,24,25). The summed E-state index contributed by atoms with van der Waals surface area (Å²) in [7, 11) is 0. The van der Waals surface area contributed by atoms with Crippen molar-refractivity contribution >= 4 is 44.5 Å². The number of nitrogens with one attached hydrogen (secondary N) is 1. The second kappa shape index (κ2) is 6.83. The van der Waals surface area contributed by atoms with Gasteiger partial charge in [0, 0.05) is 27.7 Å². The van der Waals surface area contributed by atoms with Crippen LogP contribution in [0.2, 0.25) is 0 Å². The number of fused-ring (bicyclic) bond motifs is 1. The Morgan fingerprint density at radius 1 is 1.07 bits per heavy atom. The van der Waals surface area contributed by atoms with Crippen LogP contribution < -0.4 is 5.32 Å². The highest BCUT2D eigenvalue weighted by Gasteiger charge is 2.19. The number of carbonyl (C=O) groups is 1. The van der Waals surface area contributed by atoms with Gasteiger partial charge in [-0.25, -0.2) is 15.0 Å². The van der Waals surface area contributed by atoms with Gasteiger partial charge in [0.05, 0.1) is 15.6 Å². The van der Waals surface area contributed by atoms with Crippen molar-refractivity contribution < 1.29 is 4.79 Å². The van der Waals surface area contributed by atoms with Gasteiger partial charge in [-0.1, -0.05) is 12.1 Å². The summed E-state index contributed by atoms with van der Waals surface area (Å²) < 4.78 is 0. The third-order valence-electron chi connectivity index (χ3n) is 4.32. The van der Waals surface area contributed by atoms with E-state index in [2.05, 4.69) is 20.3 Å². The predicted molar refractivity (Wildman–Crippen MR) is 112 cm³/mol. The fourth-order valence-electron chi connectivity index (χ4n) is 3.13. The van der Waals surface area contributed by atoms with E-state index in [0.717, 1.165) is 49.3 Å². The third kappa shape index (κ3) is 3.36. The number of hydrogen-bond acceptors (Lipinski definition) is 6. The Hall–Kier alpha value is -2.64. The number of thiophene rings is 1. The smallest absolute Gasteiger partial charge is 0.266 e. The van der Waals surface area contributed by atoms with Gasteiger partial charge in [-0.3, -0.25) is 4.79 Å². The first-order valence-electron chi connectivity index (χ1n) is 8.50. The molecule has 0 saturated heterocycles. The lowest BCUT2D eigenvalue weighted by atomic mass is 10.1. The average Bonchev–Trinajstić information content (AvgIpc) is 3.19. The number of anilines is 1. The minimum Gasteiger partial charge on any atom is -0.321 e. The van der Waals surface area contributed by atoms with Crippen molar-refractivity contribution in [2.75, 3.05) is 5.32 Å². The molecule has 27 heavy (non-hydrogen) atoms. The summed E-state index contributed by atoms with van der Waals surface area (Å²) in [5.74, 6) is 0.596. The highest BCUT2D eigenvalue weighted by atomic mass is 32.1. The molecule has 7 heteroatoms. The number of rotatable bonds is 3. The molecule has 1 N–H and O–H groups in total. The van der Waals surface area contributed by atoms with Gasteiger partial charge < -0.3 is 5.32 Å². The molecule has 4 rings (SSSR count). The summed E-state index contributed by atoms with van der Waals surface area (Å²) in [6.45, 7) is 7.76. The summed E-state index contributed by atoms with van der Waals surface area (Å²) in [4.78, 5) is 27.8. The van der Waals surface area contributed by atoms with Crippen molar-refractivity contribution in [3.8, 4) is 11.3 Å². The van der Waals surface area contributed by atoms with E-state index < -0.39 is 0 Å². The highest BCUT2D eigenvalue weighted by Crippen LogP contribution is 2.32. The predicted octanol–water partition coefficient (Wildman–Crippen LogP) is 5.30. The van der Waals surface area contributed by atoms with Crippen LogP contribution in [0.4, 0.5) is 5.69 Å². The van der Waals surface area contributed by atoms with Gasteiger partial charge in [-0.2, -0.15) is 0 Å². The summed E-state index contributed by atoms with van der Waals surface area (Å²) in [5.41, 5.74) is 4.50. The van der Waals surface area contributed by atoms with E-state index >= 15 is 0 Å². The van der Waals surface area contributed by atoms with Crippen LogP contribution in [0.5, 0.6) is 0 Å². The van der Waals surface area contributed by atoms with E-state index in [1.807, 2.05) is 57.3 Å². The van der Waals surface area contributed by atoms with Gasteiger partial charge in [0.15, 0.2) is 0 Å². The van der Waals surface area contributed by atoms with Crippen LogP contribution in [0.25, 0.3) is 21.5 Å². The largest absolute Gasteiger partial charge is 0.321 e. The van der Waals surface area contributed by atoms with Crippen LogP contribution in [0.15, 0.2) is 29.6 Å². The molecule has 0 atom stereocenters. The lowest BCUT2D eigenvalue weighted by molar-refractivity contribution is 0.103. The van der Waals surface area contributed by atoms with E-state index in [9.17, 15) is 4.79 Å². The molecule has 1 amide bonds. The van der Waals surface area contributed by atoms with Crippen LogP contribution in [0.1, 0.15) is 31.8 Å². The third-order valence-corrected chi connectivity index (χ3v) is 6.28. The number of aryl methyl sites for hydroxylation is 4. The van der Waals surface area contributed by atoms with Gasteiger partial charge in [-0.15, -0.1) is 22.7 Å². The second-order valence-corrected chi connectivity index (χ2v) is 8.44. The van der Waals surface area contributed by atoms with Gasteiger partial charge in [-0.05, 0) is 45.4 Å². The molecule has 4 aromatic rings. The molecule has 0 spiro atoms. The Labute approximate surface area is 165 Å². The first-order chi connectivity index (χ1) is 12.9. The van der Waals surface area contributed by atoms with Gasteiger partial charge in [0.2, 0.25) is 0 Å². The molecular weight excluding hydrogens is 376 g/mol. The summed E-state index contributed by atoms with van der Waals surface area (Å²) in [6.07, 6.45) is 0. The van der Waals surface area contributed by atoms with Crippen LogP contribution >= 0.6 is 22.7 Å². The molecule has 0 fully saturated rings. The number of aromatic nitrogens is 3. The van der Waals surface area contributed by atoms with Gasteiger partial charge in [0.1, 0.15) is 10.7 Å². The zero-order chi connectivity index (χ0) is 19.1. The number of benzene rings is 1. The molecular formula is C20H18N4OS2. The maximum Gasteiger partial charge on any atom is 0.266 e. The Morgan fingerprint density at radius 2 is 1.89 bits per heavy atom. The van der Waals surface area contributed by atoms with Crippen LogP contribution in [0, 0.1) is 27.7 Å². The SMILES string of the molecule is Cc1nc(C)c2c(C)c(C(=O)Nc3cccc(-c4csc(C)n4)c3)sc2n1. The van der Waals surface area contributed by atoms with E-state index in [1.54, 1.807) is 11.3 Å². The lowest BCUT2D eigenvalue weighted by Gasteiger charge is -2.06. The number of nitrogens with zero attached hydrogens (tertiary/aromatic N) is 3. The molecule has 0 aliphatic rings. The van der Waals surface area contributed by atoms with Crippen molar-refractivity contribution in [1.82, 2.24) is 15.0 Å². The van der Waals surface area contributed by atoms with Crippen molar-refractivity contribution in [3.05, 3.63) is 56.6 Å². The molecule has 0 unspecified atom stereocenters. The molecule has 136 valence electrons. The minimum absolute atomic E-state index is 0.126. The molecule has 0 bridgehead atoms. The van der Waals surface area contributed by atoms with Gasteiger partial charge >= 0.3 is 0 Å². The fraction of sp³-hybridized carbons (Fsp3) is 0.200. The number of carbonyl (C=O) groups excluding carboxylic acids is 1. The maximum atomic E-state index is 12.9. The molecule has 1 aromatic carbocycles. The Balaban J connectivity index is 1.66.